The second kappa shape index (κ2) is 11.3. The normalized spacial score (nSPS) is 10.8. The van der Waals surface area contributed by atoms with Gasteiger partial charge in [-0.3, -0.25) is 9.78 Å². The number of benzene rings is 1. The molecule has 8 heteroatoms. The number of aryl methyl sites for hydroxylation is 1. The highest BCUT2D eigenvalue weighted by Gasteiger charge is 2.17. The van der Waals surface area contributed by atoms with Crippen LogP contribution in [0, 0.1) is 0 Å². The summed E-state index contributed by atoms with van der Waals surface area (Å²) < 4.78 is 0. The third-order valence-electron chi connectivity index (χ3n) is 4.15. The number of nitrogens with zero attached hydrogens (tertiary/aromatic N) is 1. The van der Waals surface area contributed by atoms with Gasteiger partial charge in [-0.1, -0.05) is 38.5 Å². The number of hydrogen-bond donors (Lipinski definition) is 4. The highest BCUT2D eigenvalue weighted by molar-refractivity contribution is 6.27. The van der Waals surface area contributed by atoms with Crippen LogP contribution in [0.3, 0.4) is 0 Å². The minimum absolute atomic E-state index is 0.0153. The molecule has 1 heterocycles. The molecular formula is C22H31N3O5. The van der Waals surface area contributed by atoms with Crippen molar-refractivity contribution in [2.75, 3.05) is 11.9 Å². The van der Waals surface area contributed by atoms with Gasteiger partial charge in [-0.15, -0.1) is 0 Å². The van der Waals surface area contributed by atoms with Gasteiger partial charge in [-0.2, -0.15) is 0 Å². The van der Waals surface area contributed by atoms with Gasteiger partial charge in [0.2, 0.25) is 5.91 Å². The molecule has 2 rings (SSSR count). The Kier molecular flexibility index (Phi) is 9.39. The SMILES string of the molecule is CCCc1nc2ccccc2c(NC(=O)CNC(C)(C)C)c1CC.O=C(O)C(=O)O. The van der Waals surface area contributed by atoms with Crippen LogP contribution in [0.25, 0.3) is 10.9 Å². The molecule has 1 amide bonds. The molecule has 30 heavy (non-hydrogen) atoms. The van der Waals surface area contributed by atoms with Gasteiger partial charge in [0.25, 0.3) is 0 Å². The van der Waals surface area contributed by atoms with Crippen LogP contribution in [-0.4, -0.2) is 45.1 Å². The molecule has 1 aromatic heterocycles. The van der Waals surface area contributed by atoms with Crippen molar-refractivity contribution < 1.29 is 24.6 Å². The number of aliphatic carboxylic acids is 2. The number of amides is 1. The predicted molar refractivity (Wildman–Crippen MR) is 117 cm³/mol. The fourth-order valence-electron chi connectivity index (χ4n) is 2.80. The van der Waals surface area contributed by atoms with Crippen molar-refractivity contribution in [1.29, 1.82) is 0 Å². The number of para-hydroxylation sites is 1. The van der Waals surface area contributed by atoms with Gasteiger partial charge in [0.1, 0.15) is 0 Å². The Morgan fingerprint density at radius 3 is 2.13 bits per heavy atom. The summed E-state index contributed by atoms with van der Waals surface area (Å²) in [6.45, 7) is 10.7. The molecule has 0 radical (unpaired) electrons. The summed E-state index contributed by atoms with van der Waals surface area (Å²) in [6.07, 6.45) is 2.82. The number of nitrogens with one attached hydrogen (secondary N) is 2. The van der Waals surface area contributed by atoms with E-state index in [1.807, 2.05) is 24.3 Å². The summed E-state index contributed by atoms with van der Waals surface area (Å²) in [6, 6.07) is 8.02. The monoisotopic (exact) mass is 417 g/mol. The third kappa shape index (κ3) is 7.79. The first-order valence-electron chi connectivity index (χ1n) is 9.91. The first-order chi connectivity index (χ1) is 14.0. The van der Waals surface area contributed by atoms with E-state index in [1.54, 1.807) is 0 Å². The van der Waals surface area contributed by atoms with Crippen LogP contribution < -0.4 is 10.6 Å². The largest absolute Gasteiger partial charge is 0.473 e. The van der Waals surface area contributed by atoms with Crippen LogP contribution in [0.5, 0.6) is 0 Å². The van der Waals surface area contributed by atoms with Crippen molar-refractivity contribution in [2.45, 2.75) is 59.4 Å². The molecule has 0 saturated carbocycles. The number of carboxylic acid groups (broad SMARTS) is 2. The van der Waals surface area contributed by atoms with Gasteiger partial charge in [0.05, 0.1) is 17.7 Å². The van der Waals surface area contributed by atoms with Crippen LogP contribution >= 0.6 is 0 Å². The minimum Gasteiger partial charge on any atom is -0.473 e. The van der Waals surface area contributed by atoms with E-state index in [-0.39, 0.29) is 11.4 Å². The third-order valence-corrected chi connectivity index (χ3v) is 4.15. The summed E-state index contributed by atoms with van der Waals surface area (Å²) in [5, 5.41) is 22.2. The van der Waals surface area contributed by atoms with Gasteiger partial charge < -0.3 is 20.8 Å². The summed E-state index contributed by atoms with van der Waals surface area (Å²) in [5.41, 5.74) is 4.03. The van der Waals surface area contributed by atoms with E-state index in [9.17, 15) is 4.79 Å². The van der Waals surface area contributed by atoms with Gasteiger partial charge >= 0.3 is 11.9 Å². The Labute approximate surface area is 176 Å². The number of pyridine rings is 1. The second-order valence-electron chi connectivity index (χ2n) is 7.79. The molecule has 0 spiro atoms. The van der Waals surface area contributed by atoms with Crippen molar-refractivity contribution >= 4 is 34.4 Å². The van der Waals surface area contributed by atoms with Crippen molar-refractivity contribution in [3.8, 4) is 0 Å². The Morgan fingerprint density at radius 1 is 1.03 bits per heavy atom. The predicted octanol–water partition coefficient (Wildman–Crippen LogP) is 3.23. The van der Waals surface area contributed by atoms with E-state index in [4.69, 9.17) is 24.8 Å². The number of carbonyl (C=O) groups excluding carboxylic acids is 1. The lowest BCUT2D eigenvalue weighted by Crippen LogP contribution is -2.41. The first-order valence-corrected chi connectivity index (χ1v) is 9.91. The van der Waals surface area contributed by atoms with Gasteiger partial charge in [-0.05, 0) is 45.2 Å². The summed E-state index contributed by atoms with van der Waals surface area (Å²) in [5.74, 6) is -3.66. The smallest absolute Gasteiger partial charge is 0.414 e. The quantitative estimate of drug-likeness (QED) is 0.531. The molecule has 0 aliphatic carbocycles. The first kappa shape index (κ1) is 25.0. The van der Waals surface area contributed by atoms with Gasteiger partial charge in [-0.25, -0.2) is 9.59 Å². The van der Waals surface area contributed by atoms with Crippen molar-refractivity contribution in [2.24, 2.45) is 0 Å². The van der Waals surface area contributed by atoms with Crippen LogP contribution in [0.4, 0.5) is 5.69 Å². The topological polar surface area (TPSA) is 129 Å². The molecule has 0 aliphatic rings. The maximum absolute atomic E-state index is 12.4. The standard InChI is InChI=1S/C20H29N3O.C2H2O4/c1-6-10-16-14(7-2)19(15-11-8-9-12-17(15)22-16)23-18(24)13-21-20(3,4)5;3-1(4)2(5)6/h8-9,11-12,21H,6-7,10,13H2,1-5H3,(H,22,23,24);(H,3,4)(H,5,6). The highest BCUT2D eigenvalue weighted by atomic mass is 16.4. The average molecular weight is 418 g/mol. The molecule has 0 fully saturated rings. The lowest BCUT2D eigenvalue weighted by atomic mass is 10.0. The number of carbonyl (C=O) groups is 3. The summed E-state index contributed by atoms with van der Waals surface area (Å²) in [4.78, 5) is 35.5. The molecule has 8 nitrogen and oxygen atoms in total. The lowest BCUT2D eigenvalue weighted by Gasteiger charge is -2.21. The van der Waals surface area contributed by atoms with Crippen molar-refractivity contribution in [3.63, 3.8) is 0 Å². The van der Waals surface area contributed by atoms with Crippen LogP contribution in [-0.2, 0) is 27.2 Å². The number of hydrogen-bond acceptors (Lipinski definition) is 5. The van der Waals surface area contributed by atoms with Crippen LogP contribution in [0.2, 0.25) is 0 Å². The molecule has 0 aliphatic heterocycles. The van der Waals surface area contributed by atoms with E-state index in [1.165, 1.54) is 0 Å². The van der Waals surface area contributed by atoms with Crippen molar-refractivity contribution in [3.05, 3.63) is 35.5 Å². The number of rotatable bonds is 6. The molecule has 0 atom stereocenters. The maximum Gasteiger partial charge on any atom is 0.414 e. The van der Waals surface area contributed by atoms with E-state index in [0.29, 0.717) is 6.54 Å². The Balaban J connectivity index is 0.000000656. The molecule has 0 saturated heterocycles. The zero-order valence-electron chi connectivity index (χ0n) is 18.2. The molecule has 2 aromatic rings. The van der Waals surface area contributed by atoms with Crippen molar-refractivity contribution in [1.82, 2.24) is 10.3 Å². The number of carboxylic acids is 2. The Bertz CT molecular complexity index is 892. The zero-order valence-corrected chi connectivity index (χ0v) is 18.2. The van der Waals surface area contributed by atoms with E-state index >= 15 is 0 Å². The average Bonchev–Trinajstić information content (AvgIpc) is 2.66. The van der Waals surface area contributed by atoms with Gasteiger partial charge in [0, 0.05) is 16.6 Å². The molecule has 1 aromatic carbocycles. The van der Waals surface area contributed by atoms with E-state index < -0.39 is 11.9 Å². The lowest BCUT2D eigenvalue weighted by molar-refractivity contribution is -0.159. The fourth-order valence-corrected chi connectivity index (χ4v) is 2.80. The van der Waals surface area contributed by atoms with E-state index in [0.717, 1.165) is 47.1 Å². The van der Waals surface area contributed by atoms with Crippen LogP contribution in [0.15, 0.2) is 24.3 Å². The maximum atomic E-state index is 12.4. The Hall–Kier alpha value is -3.00. The van der Waals surface area contributed by atoms with Crippen LogP contribution in [0.1, 0.15) is 52.3 Å². The molecule has 164 valence electrons. The molecule has 0 bridgehead atoms. The Morgan fingerprint density at radius 2 is 1.63 bits per heavy atom. The summed E-state index contributed by atoms with van der Waals surface area (Å²) in [7, 11) is 0. The molecule has 4 N–H and O–H groups in total. The van der Waals surface area contributed by atoms with E-state index in [2.05, 4.69) is 45.3 Å². The summed E-state index contributed by atoms with van der Waals surface area (Å²) >= 11 is 0. The fraction of sp³-hybridized carbons (Fsp3) is 0.455. The number of anilines is 1. The van der Waals surface area contributed by atoms with Gasteiger partial charge in [0.15, 0.2) is 0 Å². The molecular weight excluding hydrogens is 386 g/mol. The second-order valence-corrected chi connectivity index (χ2v) is 7.79. The highest BCUT2D eigenvalue weighted by Crippen LogP contribution is 2.29. The zero-order chi connectivity index (χ0) is 22.9. The number of aromatic nitrogens is 1. The molecule has 0 unspecified atom stereocenters. The minimum atomic E-state index is -1.82. The number of fused-ring (bicyclic) bond motifs is 1.